The molecule has 2 N–H and O–H groups in total. The molecule has 0 saturated heterocycles. The highest BCUT2D eigenvalue weighted by Gasteiger charge is 2.18. The first kappa shape index (κ1) is 15.6. The van der Waals surface area contributed by atoms with Gasteiger partial charge in [-0.2, -0.15) is 0 Å². The number of methoxy groups -OCH3 is 1. The molecule has 0 radical (unpaired) electrons. The van der Waals surface area contributed by atoms with E-state index in [0.717, 1.165) is 0 Å². The highest BCUT2D eigenvalue weighted by Crippen LogP contribution is 2.23. The van der Waals surface area contributed by atoms with Crippen molar-refractivity contribution in [3.8, 4) is 0 Å². The van der Waals surface area contributed by atoms with Crippen molar-refractivity contribution >= 4 is 26.0 Å². The fraction of sp³-hybridized carbons (Fsp3) is 0.455. The Labute approximate surface area is 115 Å². The van der Waals surface area contributed by atoms with Gasteiger partial charge in [-0.3, -0.25) is 0 Å². The third kappa shape index (κ3) is 4.03. The van der Waals surface area contributed by atoms with Crippen molar-refractivity contribution in [1.82, 2.24) is 4.72 Å². The van der Waals surface area contributed by atoms with Gasteiger partial charge >= 0.3 is 0 Å². The van der Waals surface area contributed by atoms with Crippen LogP contribution in [0.15, 0.2) is 27.6 Å². The van der Waals surface area contributed by atoms with Gasteiger partial charge < -0.3 is 9.84 Å². The van der Waals surface area contributed by atoms with E-state index in [4.69, 9.17) is 9.84 Å². The molecule has 1 aromatic carbocycles. The van der Waals surface area contributed by atoms with E-state index in [-0.39, 0.29) is 24.2 Å². The normalized spacial score (nSPS) is 13.6. The van der Waals surface area contributed by atoms with Crippen LogP contribution in [0.25, 0.3) is 0 Å². The van der Waals surface area contributed by atoms with Gasteiger partial charge in [-0.15, -0.1) is 0 Å². The largest absolute Gasteiger partial charge is 0.392 e. The number of aliphatic hydroxyl groups is 1. The van der Waals surface area contributed by atoms with Gasteiger partial charge in [-0.05, 0) is 40.5 Å². The second-order valence-electron chi connectivity index (χ2n) is 3.82. The first-order valence-electron chi connectivity index (χ1n) is 5.32. The number of ether oxygens (including phenoxy) is 1. The highest BCUT2D eigenvalue weighted by atomic mass is 79.9. The van der Waals surface area contributed by atoms with Crippen molar-refractivity contribution in [1.29, 1.82) is 0 Å². The number of benzene rings is 1. The molecule has 0 saturated carbocycles. The molecular weight excluding hydrogens is 322 g/mol. The monoisotopic (exact) mass is 337 g/mol. The van der Waals surface area contributed by atoms with E-state index >= 15 is 0 Å². The van der Waals surface area contributed by atoms with Crippen LogP contribution < -0.4 is 4.72 Å². The minimum absolute atomic E-state index is 0.132. The standard InChI is InChI=1S/C11H16BrNO4S/c1-8(17-2)6-13-18(15,16)11-4-3-9(7-14)5-10(11)12/h3-5,8,13-14H,6-7H2,1-2H3. The Kier molecular flexibility index (Phi) is 5.74. The average molecular weight is 338 g/mol. The average Bonchev–Trinajstić information content (AvgIpc) is 2.35. The van der Waals surface area contributed by atoms with Crippen LogP contribution >= 0.6 is 15.9 Å². The zero-order valence-corrected chi connectivity index (χ0v) is 12.6. The van der Waals surface area contributed by atoms with Crippen LogP contribution in [-0.2, 0) is 21.4 Å². The van der Waals surface area contributed by atoms with Crippen molar-refractivity contribution in [2.45, 2.75) is 24.5 Å². The summed E-state index contributed by atoms with van der Waals surface area (Å²) in [6, 6.07) is 4.60. The van der Waals surface area contributed by atoms with Gasteiger partial charge in [0.2, 0.25) is 10.0 Å². The first-order valence-corrected chi connectivity index (χ1v) is 7.60. The lowest BCUT2D eigenvalue weighted by Gasteiger charge is -2.12. The summed E-state index contributed by atoms with van der Waals surface area (Å²) in [5, 5.41) is 8.96. The number of rotatable bonds is 6. The number of aliphatic hydroxyl groups excluding tert-OH is 1. The number of hydrogen-bond donors (Lipinski definition) is 2. The smallest absolute Gasteiger partial charge is 0.241 e. The quantitative estimate of drug-likeness (QED) is 0.819. The third-order valence-corrected chi connectivity index (χ3v) is 4.83. The molecule has 0 bridgehead atoms. The van der Waals surface area contributed by atoms with E-state index in [1.165, 1.54) is 13.2 Å². The van der Waals surface area contributed by atoms with Gasteiger partial charge in [0.25, 0.3) is 0 Å². The van der Waals surface area contributed by atoms with E-state index in [1.807, 2.05) is 0 Å². The maximum atomic E-state index is 12.0. The van der Waals surface area contributed by atoms with E-state index < -0.39 is 10.0 Å². The Morgan fingerprint density at radius 3 is 2.67 bits per heavy atom. The number of sulfonamides is 1. The summed E-state index contributed by atoms with van der Waals surface area (Å²) in [4.78, 5) is 0.142. The van der Waals surface area contributed by atoms with Gasteiger partial charge in [-0.1, -0.05) is 6.07 Å². The molecule has 0 aliphatic carbocycles. The summed E-state index contributed by atoms with van der Waals surface area (Å²) in [6.45, 7) is 1.84. The van der Waals surface area contributed by atoms with Crippen LogP contribution in [0.3, 0.4) is 0 Å². The van der Waals surface area contributed by atoms with Gasteiger partial charge in [0.05, 0.1) is 17.6 Å². The Balaban J connectivity index is 2.91. The Bertz CT molecular complexity index is 504. The predicted octanol–water partition coefficient (Wildman–Crippen LogP) is 1.25. The van der Waals surface area contributed by atoms with Gasteiger partial charge in [0, 0.05) is 18.1 Å². The molecule has 0 amide bonds. The van der Waals surface area contributed by atoms with E-state index in [2.05, 4.69) is 20.7 Å². The minimum Gasteiger partial charge on any atom is -0.392 e. The molecule has 0 heterocycles. The first-order chi connectivity index (χ1) is 8.40. The molecule has 0 aliphatic rings. The molecule has 7 heteroatoms. The minimum atomic E-state index is -3.58. The number of nitrogens with one attached hydrogen (secondary N) is 1. The Morgan fingerprint density at radius 1 is 1.50 bits per heavy atom. The summed E-state index contributed by atoms with van der Waals surface area (Å²) in [7, 11) is -2.06. The molecule has 0 aromatic heterocycles. The molecule has 1 rings (SSSR count). The maximum Gasteiger partial charge on any atom is 0.241 e. The van der Waals surface area contributed by atoms with Crippen molar-refractivity contribution in [3.05, 3.63) is 28.2 Å². The second kappa shape index (κ2) is 6.63. The van der Waals surface area contributed by atoms with Crippen LogP contribution in [0.2, 0.25) is 0 Å². The molecule has 0 spiro atoms. The molecule has 18 heavy (non-hydrogen) atoms. The number of hydrogen-bond acceptors (Lipinski definition) is 4. The Hall–Kier alpha value is -0.470. The topological polar surface area (TPSA) is 75.6 Å². The summed E-state index contributed by atoms with van der Waals surface area (Å²) in [6.07, 6.45) is -0.199. The molecule has 1 unspecified atom stereocenters. The summed E-state index contributed by atoms with van der Waals surface area (Å²) >= 11 is 3.19. The lowest BCUT2D eigenvalue weighted by Crippen LogP contribution is -2.31. The second-order valence-corrected chi connectivity index (χ2v) is 6.41. The SMILES string of the molecule is COC(C)CNS(=O)(=O)c1ccc(CO)cc1Br. The van der Waals surface area contributed by atoms with E-state index in [9.17, 15) is 8.42 Å². The summed E-state index contributed by atoms with van der Waals surface area (Å²) < 4.78 is 31.9. The van der Waals surface area contributed by atoms with Crippen LogP contribution in [0.4, 0.5) is 0 Å². The molecule has 1 atom stereocenters. The highest BCUT2D eigenvalue weighted by molar-refractivity contribution is 9.10. The van der Waals surface area contributed by atoms with Gasteiger partial charge in [0.1, 0.15) is 0 Å². The molecule has 1 aromatic rings. The third-order valence-electron chi connectivity index (χ3n) is 2.43. The van der Waals surface area contributed by atoms with Crippen molar-refractivity contribution < 1.29 is 18.3 Å². The molecule has 0 fully saturated rings. The van der Waals surface area contributed by atoms with Crippen LogP contribution in [0.1, 0.15) is 12.5 Å². The number of halogens is 1. The molecule has 0 aliphatic heterocycles. The lowest BCUT2D eigenvalue weighted by atomic mass is 10.2. The van der Waals surface area contributed by atoms with Crippen LogP contribution in [0.5, 0.6) is 0 Å². The van der Waals surface area contributed by atoms with Gasteiger partial charge in [-0.25, -0.2) is 13.1 Å². The molecule has 5 nitrogen and oxygen atoms in total. The van der Waals surface area contributed by atoms with Crippen molar-refractivity contribution in [2.24, 2.45) is 0 Å². The molecular formula is C11H16BrNO4S. The fourth-order valence-electron chi connectivity index (χ4n) is 1.25. The summed E-state index contributed by atoms with van der Waals surface area (Å²) in [5.74, 6) is 0. The van der Waals surface area contributed by atoms with Gasteiger partial charge in [0.15, 0.2) is 0 Å². The molecule has 102 valence electrons. The maximum absolute atomic E-state index is 12.0. The predicted molar refractivity (Wildman–Crippen MR) is 71.7 cm³/mol. The zero-order chi connectivity index (χ0) is 13.8. The fourth-order valence-corrected chi connectivity index (χ4v) is 3.49. The van der Waals surface area contributed by atoms with Crippen LogP contribution in [0, 0.1) is 0 Å². The zero-order valence-electron chi connectivity index (χ0n) is 10.2. The van der Waals surface area contributed by atoms with E-state index in [1.54, 1.807) is 19.1 Å². The lowest BCUT2D eigenvalue weighted by molar-refractivity contribution is 0.122. The van der Waals surface area contributed by atoms with Crippen molar-refractivity contribution in [3.63, 3.8) is 0 Å². The summed E-state index contributed by atoms with van der Waals surface area (Å²) in [5.41, 5.74) is 0.645. The van der Waals surface area contributed by atoms with Crippen molar-refractivity contribution in [2.75, 3.05) is 13.7 Å². The van der Waals surface area contributed by atoms with E-state index in [0.29, 0.717) is 10.0 Å². The Morgan fingerprint density at radius 2 is 2.17 bits per heavy atom. The van der Waals surface area contributed by atoms with Crippen LogP contribution in [-0.4, -0.2) is 33.3 Å².